The Hall–Kier alpha value is -12.6. The van der Waals surface area contributed by atoms with Crippen LogP contribution in [-0.2, 0) is 72.6 Å². The molecule has 4 saturated heterocycles. The molecule has 5 fully saturated rings. The van der Waals surface area contributed by atoms with E-state index in [-0.39, 0.29) is 49.5 Å². The second kappa shape index (κ2) is 39.5. The van der Waals surface area contributed by atoms with Crippen LogP contribution in [0.4, 0.5) is 39.9 Å². The number of nitrogens with zero attached hydrogens (tertiary/aromatic N) is 14. The second-order valence-corrected chi connectivity index (χ2v) is 35.6. The zero-order chi connectivity index (χ0) is 94.7. The van der Waals surface area contributed by atoms with E-state index < -0.39 is 189 Å². The number of ether oxygens (including phenoxy) is 4. The number of nitrogen functional groups attached to an aromatic ring is 6. The van der Waals surface area contributed by atoms with Crippen LogP contribution in [0.5, 0.6) is 0 Å². The summed E-state index contributed by atoms with van der Waals surface area (Å²) in [4.78, 5) is 90.0. The highest BCUT2D eigenvalue weighted by atomic mass is 35.5. The van der Waals surface area contributed by atoms with E-state index in [1.807, 2.05) is 4.72 Å². The normalized spacial score (nSPS) is 23.7. The number of aromatic nitrogens is 14. The number of nitrogens with one attached hydrogen (secondary N) is 6. The van der Waals surface area contributed by atoms with Gasteiger partial charge in [-0.2, -0.15) is 38.4 Å². The molecule has 53 nitrogen and oxygen atoms in total. The Labute approximate surface area is 754 Å². The largest absolute Gasteiger partial charge is 0.398 e. The smallest absolute Gasteiger partial charge is 0.362 e. The Balaban J connectivity index is 0.000000142. The third-order valence-corrected chi connectivity index (χ3v) is 24.7. The van der Waals surface area contributed by atoms with Crippen LogP contribution in [-0.4, -0.2) is 272 Å². The topological polar surface area (TPSA) is 808 Å². The first-order valence-corrected chi connectivity index (χ1v) is 45.2. The van der Waals surface area contributed by atoms with Crippen LogP contribution in [0.15, 0.2) is 153 Å². The number of amides is 4. The minimum atomic E-state index is -4.62. The number of rotatable bonds is 26. The van der Waals surface area contributed by atoms with Gasteiger partial charge in [-0.3, -0.25) is 50.0 Å². The highest BCUT2D eigenvalue weighted by Crippen LogP contribution is 2.39. The van der Waals surface area contributed by atoms with Crippen molar-refractivity contribution >= 4 is 173 Å². The first-order chi connectivity index (χ1) is 62.7. The third-order valence-electron chi connectivity index (χ3n) is 20.4. The molecule has 13 heterocycles. The molecule has 16 atom stereocenters. The van der Waals surface area contributed by atoms with Crippen LogP contribution in [0.2, 0.25) is 10.2 Å². The summed E-state index contributed by atoms with van der Waals surface area (Å²) < 4.78 is 149. The highest BCUT2D eigenvalue weighted by Gasteiger charge is 2.50. The number of aliphatic hydroxyl groups is 8. The van der Waals surface area contributed by atoms with E-state index in [1.165, 1.54) is 141 Å². The zero-order valence-electron chi connectivity index (χ0n) is 67.4. The standard InChI is InChI=1S/C20H23N7O7S.C18H19ClN6O7S.C18H21N7O6S.C17H17ClN6O7S/c21-12-4-2-1-3-11(12)19(30)26-35(31,32)33-7-13-15(28)16(29)20(34-13)27-9-24-14-17(25-10-5-6-10)22-8-23-18(14)27;19-9-3-1-2-8(12(9)21)17(28)24-33(29,30)31-6-11-14(26)15(27)18(32-11)25-7-23-13-10(20)4-5-22-16(13)25;19-10-4-2-1-3-9(10)17(28)24-32(29,30)23-7-12-14(26)15(27)18(31-12)25-8-22-13-11(20)5-6-21-16(13)25;18-14-8(2-1-4-20-14)16(27)23-32(28,29)30-6-10-12(25)13(26)17(31-10)24-7-22-11-9(19)3-5-21-15(11)24/h1-4,8-10,13,15-16,20,28-29H,5-7,21H2,(H,26,30)(H,22,23,25);1-5,7,11,14-15,18,26-27H,6,21H2,(H2,20,22)(H,24,28);1-6,8,12,14-15,18,23,26-27H,7,19H2,(H2,20,21)(H,24,28);1-5,7,10,12-13,17,25-26H,6H2,(H2,19,21)(H,23,27)/t13-,15-,16-,20-;11-,14-,15-,18-;12-,14-,15-,18-;10-,12-,13-,17-/m1111/s1. The first kappa shape index (κ1) is 95.5. The van der Waals surface area contributed by atoms with Crippen molar-refractivity contribution < 1.29 is 125 Å². The van der Waals surface area contributed by atoms with Crippen molar-refractivity contribution in [1.29, 1.82) is 0 Å². The molecule has 59 heteroatoms. The number of imidazole rings is 4. The molecule has 0 bridgehead atoms. The molecule has 0 radical (unpaired) electrons. The average molecular weight is 1950 g/mol. The van der Waals surface area contributed by atoms with Gasteiger partial charge in [0.05, 0.1) is 95.2 Å². The van der Waals surface area contributed by atoms with E-state index in [0.717, 1.165) is 12.8 Å². The van der Waals surface area contributed by atoms with Gasteiger partial charge in [0.25, 0.3) is 23.6 Å². The number of hydrogen-bond donors (Lipinski definition) is 20. The van der Waals surface area contributed by atoms with Crippen molar-refractivity contribution in [3.8, 4) is 0 Å². The van der Waals surface area contributed by atoms with E-state index in [1.54, 1.807) is 44.5 Å². The highest BCUT2D eigenvalue weighted by molar-refractivity contribution is 7.88. The predicted octanol–water partition coefficient (Wildman–Crippen LogP) is -3.30. The summed E-state index contributed by atoms with van der Waals surface area (Å²) in [7, 11) is -18.1. The molecule has 26 N–H and O–H groups in total. The van der Waals surface area contributed by atoms with Gasteiger partial charge in [-0.1, -0.05) is 53.5 Å². The molecule has 0 unspecified atom stereocenters. The predicted molar refractivity (Wildman–Crippen MR) is 460 cm³/mol. The fraction of sp³-hybridized carbons (Fsp3) is 0.315. The van der Waals surface area contributed by atoms with Gasteiger partial charge in [-0.05, 0) is 79.6 Å². The molecule has 3 aromatic carbocycles. The summed E-state index contributed by atoms with van der Waals surface area (Å²) in [5, 5.41) is 86.4. The minimum absolute atomic E-state index is 0.00993. The van der Waals surface area contributed by atoms with E-state index in [2.05, 4.69) is 59.9 Å². The summed E-state index contributed by atoms with van der Waals surface area (Å²) >= 11 is 11.6. The summed E-state index contributed by atoms with van der Waals surface area (Å²) in [5.74, 6) is -3.47. The van der Waals surface area contributed by atoms with Crippen molar-refractivity contribution in [3.63, 3.8) is 0 Å². The monoisotopic (exact) mass is 1950 g/mol. The lowest BCUT2D eigenvalue weighted by molar-refractivity contribution is -0.0468. The average Bonchev–Trinajstić information content (AvgIpc) is 1.62. The number of para-hydroxylation sites is 3. The lowest BCUT2D eigenvalue weighted by Gasteiger charge is -2.16. The molecule has 17 rings (SSSR count). The van der Waals surface area contributed by atoms with Gasteiger partial charge in [-0.15, -0.1) is 0 Å². The van der Waals surface area contributed by atoms with Crippen LogP contribution < -0.4 is 63.3 Å². The van der Waals surface area contributed by atoms with Crippen molar-refractivity contribution in [2.45, 2.75) is 117 Å². The summed E-state index contributed by atoms with van der Waals surface area (Å²) in [6, 6.07) is 23.7. The molecule has 1 aliphatic carbocycles. The maximum absolute atomic E-state index is 12.3. The van der Waals surface area contributed by atoms with Crippen LogP contribution in [0, 0.1) is 0 Å². The van der Waals surface area contributed by atoms with E-state index in [0.29, 0.717) is 73.6 Å². The number of fused-ring (bicyclic) bond motifs is 4. The van der Waals surface area contributed by atoms with Crippen LogP contribution >= 0.6 is 23.2 Å². The number of pyridine rings is 4. The van der Waals surface area contributed by atoms with E-state index in [4.69, 9.17) is 89.1 Å². The molecule has 1 saturated carbocycles. The quantitative estimate of drug-likeness (QED) is 0.0187. The number of nitrogens with two attached hydrogens (primary N) is 6. The van der Waals surface area contributed by atoms with Gasteiger partial charge in [-0.25, -0.2) is 68.7 Å². The molecular formula is C73H80Cl2N26O27S4. The number of anilines is 7. The Morgan fingerprint density at radius 2 is 0.742 bits per heavy atom. The van der Waals surface area contributed by atoms with Gasteiger partial charge in [0.1, 0.15) is 101 Å². The molecule has 0 spiro atoms. The molecule has 5 aliphatic rings. The van der Waals surface area contributed by atoms with E-state index >= 15 is 0 Å². The van der Waals surface area contributed by atoms with Crippen LogP contribution in [0.25, 0.3) is 44.7 Å². The van der Waals surface area contributed by atoms with Gasteiger partial charge >= 0.3 is 41.1 Å². The number of carbonyl (C=O) groups is 4. The molecule has 4 aliphatic heterocycles. The molecular weight excluding hydrogens is 1870 g/mol. The number of hydrogen-bond acceptors (Lipinski definition) is 44. The van der Waals surface area contributed by atoms with Gasteiger partial charge in [0.2, 0.25) is 0 Å². The number of halogens is 2. The Bertz CT molecular complexity index is 6620. The summed E-state index contributed by atoms with van der Waals surface area (Å²) in [5.41, 5.74) is 38.3. The Kier molecular flexibility index (Phi) is 28.6. The fourth-order valence-corrected chi connectivity index (χ4v) is 16.9. The Morgan fingerprint density at radius 1 is 0.386 bits per heavy atom. The molecule has 12 aromatic rings. The Morgan fingerprint density at radius 3 is 1.15 bits per heavy atom. The number of carbonyl (C=O) groups excluding carboxylic acids is 4. The molecule has 702 valence electrons. The molecule has 132 heavy (non-hydrogen) atoms. The number of aliphatic hydroxyl groups excluding tert-OH is 8. The van der Waals surface area contributed by atoms with Crippen molar-refractivity contribution in [3.05, 3.63) is 186 Å². The lowest BCUT2D eigenvalue weighted by atomic mass is 10.1. The SMILES string of the molecule is Nc1c(Cl)cccc1C(=O)NS(=O)(=O)OC[C@H]1O[C@@H](n2cnc3c(N)ccnc32)[C@H](O)[C@@H]1O.Nc1ccccc1C(=O)NS(=O)(=O)NC[C@H]1O[C@@H](n2cnc3c(N)ccnc32)[C@H](O)[C@@H]1O.Nc1ccccc1C(=O)NS(=O)(=O)OC[C@H]1O[C@@H](n2cnc3c(NC4CC4)ncnc32)[C@H](O)[C@@H]1O.Nc1ccnc2c1ncn2[C@@H]1O[C@H](COS(=O)(=O)NC(=O)c2cccnc2Cl)[C@@H](O)[C@H]1O. The van der Waals surface area contributed by atoms with Crippen molar-refractivity contribution in [1.82, 2.24) is 91.7 Å². The molecule has 9 aromatic heterocycles. The third kappa shape index (κ3) is 21.3. The van der Waals surface area contributed by atoms with E-state index in [9.17, 15) is 93.7 Å². The summed E-state index contributed by atoms with van der Waals surface area (Å²) in [6.45, 7) is -2.49. The number of benzene rings is 3. The minimum Gasteiger partial charge on any atom is -0.398 e. The summed E-state index contributed by atoms with van der Waals surface area (Å²) in [6.07, 6.45) is -6.52. The van der Waals surface area contributed by atoms with Crippen molar-refractivity contribution in [2.24, 2.45) is 0 Å². The maximum Gasteiger partial charge on any atom is 0.362 e. The first-order valence-electron chi connectivity index (χ1n) is 38.7. The lowest BCUT2D eigenvalue weighted by Crippen LogP contribution is -2.45. The van der Waals surface area contributed by atoms with Crippen LogP contribution in [0.1, 0.15) is 79.2 Å². The van der Waals surface area contributed by atoms with Gasteiger partial charge in [0, 0.05) is 48.7 Å². The van der Waals surface area contributed by atoms with Crippen molar-refractivity contribution in [2.75, 3.05) is 66.1 Å². The fourth-order valence-electron chi connectivity index (χ4n) is 13.6. The zero-order valence-corrected chi connectivity index (χ0v) is 72.2. The van der Waals surface area contributed by atoms with Gasteiger partial charge in [0.15, 0.2) is 58.8 Å². The maximum atomic E-state index is 12.3. The molecule has 4 amide bonds. The van der Waals surface area contributed by atoms with Crippen LogP contribution in [0.3, 0.4) is 0 Å². The second-order valence-electron chi connectivity index (χ2n) is 29.3. The van der Waals surface area contributed by atoms with Gasteiger partial charge < -0.3 is 99.5 Å².